The second kappa shape index (κ2) is 3.40. The molecule has 1 N–H and O–H groups in total. The zero-order chi connectivity index (χ0) is 10.2. The van der Waals surface area contributed by atoms with Gasteiger partial charge in [-0.15, -0.1) is 0 Å². The molecule has 0 atom stereocenters. The first-order valence-electron chi connectivity index (χ1n) is 4.73. The van der Waals surface area contributed by atoms with Gasteiger partial charge in [0.25, 0.3) is 0 Å². The molecule has 0 spiro atoms. The van der Waals surface area contributed by atoms with Crippen LogP contribution in [0.2, 0.25) is 0 Å². The van der Waals surface area contributed by atoms with Crippen molar-refractivity contribution in [2.75, 3.05) is 0 Å². The molecule has 0 saturated heterocycles. The fraction of sp³-hybridized carbons (Fsp3) is 0.700. The molecule has 1 aromatic rings. The maximum absolute atomic E-state index is 9.80. The monoisotopic (exact) mass is 182 g/mol. The molecule has 1 rings (SSSR count). The Morgan fingerprint density at radius 2 is 1.69 bits per heavy atom. The molecule has 0 radical (unpaired) electrons. The van der Waals surface area contributed by atoms with Crippen LogP contribution >= 0.6 is 0 Å². The maximum Gasteiger partial charge on any atom is 0.147 e. The number of aryl methyl sites for hydroxylation is 1. The summed E-state index contributed by atoms with van der Waals surface area (Å²) in [4.78, 5) is 4.34. The minimum Gasteiger partial charge on any atom is -0.427 e. The Balaban J connectivity index is 3.22. The molecule has 3 heteroatoms. The van der Waals surface area contributed by atoms with Gasteiger partial charge in [-0.1, -0.05) is 27.7 Å². The molecule has 0 aromatic carbocycles. The van der Waals surface area contributed by atoms with E-state index in [-0.39, 0.29) is 5.92 Å². The molecule has 0 aliphatic carbocycles. The van der Waals surface area contributed by atoms with E-state index in [0.29, 0.717) is 5.92 Å². The molecule has 13 heavy (non-hydrogen) atoms. The van der Waals surface area contributed by atoms with E-state index in [4.69, 9.17) is 0 Å². The summed E-state index contributed by atoms with van der Waals surface area (Å²) in [5.41, 5.74) is 1.85. The summed E-state index contributed by atoms with van der Waals surface area (Å²) in [7, 11) is 0. The second-order valence-electron chi connectivity index (χ2n) is 4.06. The fourth-order valence-electron chi connectivity index (χ4n) is 1.59. The van der Waals surface area contributed by atoms with Crippen molar-refractivity contribution in [3.8, 4) is 0 Å². The Morgan fingerprint density at radius 3 is 1.92 bits per heavy atom. The summed E-state index contributed by atoms with van der Waals surface area (Å²) in [6.45, 7) is 10.1. The van der Waals surface area contributed by atoms with Gasteiger partial charge in [-0.05, 0) is 12.8 Å². The number of hydrogen-bond donors (Lipinski definition) is 1. The predicted molar refractivity (Wildman–Crippen MR) is 52.3 cm³/mol. The van der Waals surface area contributed by atoms with Gasteiger partial charge >= 0.3 is 0 Å². The Hall–Kier alpha value is -0.990. The van der Waals surface area contributed by atoms with E-state index < -0.39 is 0 Å². The minimum atomic E-state index is 0.260. The lowest BCUT2D eigenvalue weighted by Gasteiger charge is -2.08. The molecular formula is C10H18N2O. The van der Waals surface area contributed by atoms with Crippen molar-refractivity contribution in [1.82, 2.24) is 9.71 Å². The summed E-state index contributed by atoms with van der Waals surface area (Å²) in [6.07, 6.45) is 0. The minimum absolute atomic E-state index is 0.260. The van der Waals surface area contributed by atoms with Crippen LogP contribution in [0.1, 0.15) is 56.7 Å². The van der Waals surface area contributed by atoms with Crippen LogP contribution in [0, 0.1) is 6.92 Å². The first-order valence-corrected chi connectivity index (χ1v) is 4.73. The van der Waals surface area contributed by atoms with Crippen molar-refractivity contribution >= 4 is 0 Å². The van der Waals surface area contributed by atoms with Crippen LogP contribution in [0.25, 0.3) is 0 Å². The van der Waals surface area contributed by atoms with Crippen molar-refractivity contribution in [2.24, 2.45) is 0 Å². The van der Waals surface area contributed by atoms with E-state index in [1.54, 1.807) is 0 Å². The van der Waals surface area contributed by atoms with Gasteiger partial charge < -0.3 is 5.21 Å². The highest BCUT2D eigenvalue weighted by Gasteiger charge is 2.17. The first-order chi connectivity index (χ1) is 5.95. The Kier molecular flexibility index (Phi) is 2.64. The molecular weight excluding hydrogens is 164 g/mol. The van der Waals surface area contributed by atoms with Gasteiger partial charge in [-0.3, -0.25) is 0 Å². The lowest BCUT2D eigenvalue weighted by atomic mass is 10.1. The van der Waals surface area contributed by atoms with E-state index >= 15 is 0 Å². The van der Waals surface area contributed by atoms with Crippen LogP contribution < -0.4 is 0 Å². The number of hydrogen-bond acceptors (Lipinski definition) is 2. The van der Waals surface area contributed by atoms with Crippen LogP contribution in [0.15, 0.2) is 0 Å². The Labute approximate surface area is 79.4 Å². The van der Waals surface area contributed by atoms with Crippen LogP contribution in [0.3, 0.4) is 0 Å². The normalized spacial score (nSPS) is 11.6. The van der Waals surface area contributed by atoms with Gasteiger partial charge in [0.15, 0.2) is 0 Å². The van der Waals surface area contributed by atoms with Crippen LogP contribution in [0.5, 0.6) is 0 Å². The number of nitrogens with zero attached hydrogens (tertiary/aromatic N) is 2. The van der Waals surface area contributed by atoms with Crippen LogP contribution in [-0.4, -0.2) is 14.9 Å². The van der Waals surface area contributed by atoms with Gasteiger partial charge in [0.2, 0.25) is 0 Å². The molecule has 1 heterocycles. The average Bonchev–Trinajstić information content (AvgIpc) is 2.26. The number of imidazole rings is 1. The predicted octanol–water partition coefficient (Wildman–Crippen LogP) is 2.68. The van der Waals surface area contributed by atoms with Gasteiger partial charge in [-0.25, -0.2) is 4.98 Å². The zero-order valence-corrected chi connectivity index (χ0v) is 9.00. The molecule has 74 valence electrons. The second-order valence-corrected chi connectivity index (χ2v) is 4.06. The third-order valence-corrected chi connectivity index (χ3v) is 2.16. The average molecular weight is 182 g/mol. The molecule has 0 aliphatic rings. The quantitative estimate of drug-likeness (QED) is 0.714. The van der Waals surface area contributed by atoms with Gasteiger partial charge in [-0.2, -0.15) is 4.73 Å². The number of rotatable bonds is 2. The van der Waals surface area contributed by atoms with Crippen molar-refractivity contribution in [3.63, 3.8) is 0 Å². The summed E-state index contributed by atoms with van der Waals surface area (Å²) in [5.74, 6) is 1.32. The van der Waals surface area contributed by atoms with Crippen molar-refractivity contribution in [1.29, 1.82) is 0 Å². The smallest absolute Gasteiger partial charge is 0.147 e. The van der Waals surface area contributed by atoms with E-state index in [0.717, 1.165) is 17.2 Å². The van der Waals surface area contributed by atoms with Crippen molar-refractivity contribution < 1.29 is 5.21 Å². The standard InChI is InChI=1S/C10H18N2O/c1-6(2)9-8(5)11-10(7(3)4)12(9)13/h6-7,13H,1-5H3. The zero-order valence-electron chi connectivity index (χ0n) is 9.00. The van der Waals surface area contributed by atoms with Crippen molar-refractivity contribution in [2.45, 2.75) is 46.5 Å². The van der Waals surface area contributed by atoms with E-state index in [1.165, 1.54) is 4.73 Å². The molecule has 0 aliphatic heterocycles. The highest BCUT2D eigenvalue weighted by atomic mass is 16.5. The summed E-state index contributed by atoms with van der Waals surface area (Å²) < 4.78 is 1.24. The highest BCUT2D eigenvalue weighted by Crippen LogP contribution is 2.22. The lowest BCUT2D eigenvalue weighted by molar-refractivity contribution is 0.161. The molecule has 0 unspecified atom stereocenters. The van der Waals surface area contributed by atoms with Crippen LogP contribution in [-0.2, 0) is 0 Å². The van der Waals surface area contributed by atoms with Crippen molar-refractivity contribution in [3.05, 3.63) is 17.2 Å². The summed E-state index contributed by atoms with van der Waals surface area (Å²) in [6, 6.07) is 0. The molecule has 0 fully saturated rings. The summed E-state index contributed by atoms with van der Waals surface area (Å²) in [5, 5.41) is 9.80. The fourth-order valence-corrected chi connectivity index (χ4v) is 1.59. The highest BCUT2D eigenvalue weighted by molar-refractivity contribution is 5.19. The van der Waals surface area contributed by atoms with E-state index in [1.807, 2.05) is 20.8 Å². The largest absolute Gasteiger partial charge is 0.427 e. The SMILES string of the molecule is Cc1nc(C(C)C)n(O)c1C(C)C. The molecule has 0 amide bonds. The van der Waals surface area contributed by atoms with E-state index in [2.05, 4.69) is 18.8 Å². The Morgan fingerprint density at radius 1 is 1.15 bits per heavy atom. The maximum atomic E-state index is 9.80. The van der Waals surface area contributed by atoms with Gasteiger partial charge in [0.1, 0.15) is 5.82 Å². The first kappa shape index (κ1) is 10.1. The third-order valence-electron chi connectivity index (χ3n) is 2.16. The summed E-state index contributed by atoms with van der Waals surface area (Å²) >= 11 is 0. The lowest BCUT2D eigenvalue weighted by Crippen LogP contribution is -2.06. The topological polar surface area (TPSA) is 38.0 Å². The third kappa shape index (κ3) is 1.69. The molecule has 3 nitrogen and oxygen atoms in total. The van der Waals surface area contributed by atoms with Gasteiger partial charge in [0, 0.05) is 5.92 Å². The van der Waals surface area contributed by atoms with Gasteiger partial charge in [0.05, 0.1) is 11.4 Å². The Bertz CT molecular complexity index is 300. The number of aromatic nitrogens is 2. The molecule has 0 bridgehead atoms. The molecule has 1 aromatic heterocycles. The van der Waals surface area contributed by atoms with Crippen LogP contribution in [0.4, 0.5) is 0 Å². The molecule has 0 saturated carbocycles. The van der Waals surface area contributed by atoms with E-state index in [9.17, 15) is 5.21 Å².